The van der Waals surface area contributed by atoms with Crippen molar-refractivity contribution in [3.8, 4) is 0 Å². The minimum absolute atomic E-state index is 0.0607. The number of hydrogen-bond acceptors (Lipinski definition) is 9. The zero-order valence-electron chi connectivity index (χ0n) is 17.3. The fourth-order valence-corrected chi connectivity index (χ4v) is 5.19. The molecule has 2 fully saturated rings. The van der Waals surface area contributed by atoms with E-state index >= 15 is 0 Å². The third-order valence-electron chi connectivity index (χ3n) is 6.58. The molecule has 9 heteroatoms. The van der Waals surface area contributed by atoms with Crippen LogP contribution in [0.15, 0.2) is 36.7 Å². The van der Waals surface area contributed by atoms with Gasteiger partial charge in [0, 0.05) is 11.8 Å². The maximum absolute atomic E-state index is 12.0. The van der Waals surface area contributed by atoms with Gasteiger partial charge in [0.1, 0.15) is 12.2 Å². The van der Waals surface area contributed by atoms with Crippen LogP contribution in [0.1, 0.15) is 37.2 Å². The molecule has 2 aromatic heterocycles. The molecule has 2 aromatic rings. The Kier molecular flexibility index (Phi) is 5.63. The number of fused-ring (bicyclic) bond motifs is 2. The molecule has 31 heavy (non-hydrogen) atoms. The predicted molar refractivity (Wildman–Crippen MR) is 116 cm³/mol. The number of carbonyl (C=O) groups excluding carboxylic acids is 1. The summed E-state index contributed by atoms with van der Waals surface area (Å²) in [5, 5.41) is 18.5. The SMILES string of the molecule is C[C@H](O)C(=O)OC1CC2CC1C(C(=N)c1ccc(N)cn1)C2C(N)c1ccc(N)cn1. The summed E-state index contributed by atoms with van der Waals surface area (Å²) in [6.45, 7) is 1.39. The third kappa shape index (κ3) is 3.98. The first-order chi connectivity index (χ1) is 14.8. The standard InChI is InChI=1S/C22H28N6O3/c1-10(29)22(30)31-17-7-11-6-14(17)19(21(26)16-5-3-13(24)9-28-16)18(11)20(25)15-4-2-12(23)8-27-15/h2-5,8-11,14,17-20,26,29H,6-7,23-25H2,1H3/t10-,11?,14?,17?,18?,19?,20?/m0/s1. The summed E-state index contributed by atoms with van der Waals surface area (Å²) in [5.74, 6) is -0.894. The highest BCUT2D eigenvalue weighted by Crippen LogP contribution is 2.57. The highest BCUT2D eigenvalue weighted by molar-refractivity contribution is 5.99. The number of aliphatic hydroxyl groups is 1. The second kappa shape index (κ2) is 8.24. The number of pyridine rings is 2. The molecule has 0 spiro atoms. The molecule has 0 aliphatic heterocycles. The van der Waals surface area contributed by atoms with Crippen molar-refractivity contribution < 1.29 is 14.6 Å². The number of nitrogen functional groups attached to an aromatic ring is 2. The summed E-state index contributed by atoms with van der Waals surface area (Å²) < 4.78 is 5.59. The number of ether oxygens (including phenoxy) is 1. The van der Waals surface area contributed by atoms with E-state index in [0.717, 1.165) is 6.42 Å². The van der Waals surface area contributed by atoms with Crippen molar-refractivity contribution in [3.05, 3.63) is 48.0 Å². The molecule has 9 nitrogen and oxygen atoms in total. The van der Waals surface area contributed by atoms with Crippen molar-refractivity contribution in [2.45, 2.75) is 38.0 Å². The number of nitrogens with zero attached hydrogens (tertiary/aromatic N) is 2. The van der Waals surface area contributed by atoms with Gasteiger partial charge in [-0.05, 0) is 55.9 Å². The van der Waals surface area contributed by atoms with Crippen LogP contribution in [0.25, 0.3) is 0 Å². The second-order valence-electron chi connectivity index (χ2n) is 8.58. The van der Waals surface area contributed by atoms with Crippen LogP contribution in [0.3, 0.4) is 0 Å². The quantitative estimate of drug-likeness (QED) is 0.340. The molecule has 4 rings (SSSR count). The molecule has 2 bridgehead atoms. The average Bonchev–Trinajstić information content (AvgIpc) is 3.32. The average molecular weight is 425 g/mol. The highest BCUT2D eigenvalue weighted by Gasteiger charge is 2.57. The summed E-state index contributed by atoms with van der Waals surface area (Å²) >= 11 is 0. The Morgan fingerprint density at radius 2 is 1.84 bits per heavy atom. The van der Waals surface area contributed by atoms with Crippen LogP contribution in [0, 0.1) is 29.1 Å². The normalized spacial score (nSPS) is 28.8. The van der Waals surface area contributed by atoms with Gasteiger partial charge in [-0.2, -0.15) is 0 Å². The number of anilines is 2. The first-order valence-electron chi connectivity index (χ1n) is 10.4. The van der Waals surface area contributed by atoms with Crippen LogP contribution >= 0.6 is 0 Å². The van der Waals surface area contributed by atoms with E-state index in [1.807, 2.05) is 6.07 Å². The van der Waals surface area contributed by atoms with Gasteiger partial charge in [-0.1, -0.05) is 0 Å². The van der Waals surface area contributed by atoms with Gasteiger partial charge in [-0.15, -0.1) is 0 Å². The molecule has 2 aliphatic rings. The maximum Gasteiger partial charge on any atom is 0.334 e. The van der Waals surface area contributed by atoms with Crippen LogP contribution in [-0.2, 0) is 9.53 Å². The largest absolute Gasteiger partial charge is 0.460 e. The van der Waals surface area contributed by atoms with Crippen LogP contribution in [0.2, 0.25) is 0 Å². The molecular formula is C22H28N6O3. The number of nitrogens with one attached hydrogen (secondary N) is 1. The van der Waals surface area contributed by atoms with Gasteiger partial charge in [0.25, 0.3) is 0 Å². The number of aliphatic hydroxyl groups excluding tert-OH is 1. The van der Waals surface area contributed by atoms with Crippen LogP contribution in [0.4, 0.5) is 11.4 Å². The van der Waals surface area contributed by atoms with Crippen molar-refractivity contribution in [1.29, 1.82) is 5.41 Å². The fraction of sp³-hybridized carbons (Fsp3) is 0.455. The lowest BCUT2D eigenvalue weighted by atomic mass is 9.70. The van der Waals surface area contributed by atoms with E-state index in [-0.39, 0.29) is 29.8 Å². The molecule has 6 unspecified atom stereocenters. The first kappa shape index (κ1) is 21.2. The summed E-state index contributed by atoms with van der Waals surface area (Å²) in [5.41, 5.74) is 20.9. The molecule has 0 aromatic carbocycles. The topological polar surface area (TPSA) is 174 Å². The number of nitrogens with two attached hydrogens (primary N) is 3. The molecule has 0 radical (unpaired) electrons. The van der Waals surface area contributed by atoms with E-state index in [9.17, 15) is 9.90 Å². The van der Waals surface area contributed by atoms with E-state index in [4.69, 9.17) is 27.3 Å². The summed E-state index contributed by atoms with van der Waals surface area (Å²) in [6, 6.07) is 6.63. The predicted octanol–water partition coefficient (Wildman–Crippen LogP) is 1.27. The number of rotatable bonds is 6. The Bertz CT molecular complexity index is 962. The van der Waals surface area contributed by atoms with Crippen LogP contribution in [0.5, 0.6) is 0 Å². The zero-order chi connectivity index (χ0) is 22.3. The van der Waals surface area contributed by atoms with Gasteiger partial charge in [0.05, 0.1) is 46.9 Å². The van der Waals surface area contributed by atoms with Gasteiger partial charge >= 0.3 is 5.97 Å². The summed E-state index contributed by atoms with van der Waals surface area (Å²) in [4.78, 5) is 20.8. The summed E-state index contributed by atoms with van der Waals surface area (Å²) in [7, 11) is 0. The lowest BCUT2D eigenvalue weighted by Crippen LogP contribution is -2.43. The molecule has 0 saturated heterocycles. The van der Waals surface area contributed by atoms with Crippen molar-refractivity contribution in [2.24, 2.45) is 29.4 Å². The van der Waals surface area contributed by atoms with Crippen molar-refractivity contribution in [3.63, 3.8) is 0 Å². The molecular weight excluding hydrogens is 396 g/mol. The smallest absolute Gasteiger partial charge is 0.334 e. The van der Waals surface area contributed by atoms with Crippen molar-refractivity contribution >= 4 is 23.1 Å². The highest BCUT2D eigenvalue weighted by atomic mass is 16.6. The molecule has 2 heterocycles. The monoisotopic (exact) mass is 424 g/mol. The van der Waals surface area contributed by atoms with E-state index in [1.165, 1.54) is 13.1 Å². The Hall–Kier alpha value is -3.04. The van der Waals surface area contributed by atoms with Crippen LogP contribution < -0.4 is 17.2 Å². The van der Waals surface area contributed by atoms with Gasteiger partial charge in [-0.3, -0.25) is 9.97 Å². The minimum atomic E-state index is -1.19. The summed E-state index contributed by atoms with van der Waals surface area (Å²) in [6.07, 6.45) is 2.99. The number of aromatic nitrogens is 2. The van der Waals surface area contributed by atoms with E-state index in [0.29, 0.717) is 34.9 Å². The maximum atomic E-state index is 12.0. The minimum Gasteiger partial charge on any atom is -0.460 e. The number of esters is 1. The van der Waals surface area contributed by atoms with Gasteiger partial charge in [0.15, 0.2) is 0 Å². The lowest BCUT2D eigenvalue weighted by Gasteiger charge is -2.38. The Morgan fingerprint density at radius 1 is 1.16 bits per heavy atom. The molecule has 7 atom stereocenters. The fourth-order valence-electron chi connectivity index (χ4n) is 5.19. The second-order valence-corrected chi connectivity index (χ2v) is 8.58. The van der Waals surface area contributed by atoms with Crippen molar-refractivity contribution in [2.75, 3.05) is 11.5 Å². The van der Waals surface area contributed by atoms with E-state index in [1.54, 1.807) is 24.4 Å². The lowest BCUT2D eigenvalue weighted by molar-refractivity contribution is -0.161. The molecule has 2 saturated carbocycles. The van der Waals surface area contributed by atoms with Gasteiger partial charge in [-0.25, -0.2) is 4.79 Å². The van der Waals surface area contributed by atoms with E-state index < -0.39 is 18.1 Å². The molecule has 8 N–H and O–H groups in total. The Labute approximate surface area is 180 Å². The molecule has 2 aliphatic carbocycles. The number of hydrogen-bond donors (Lipinski definition) is 5. The first-order valence-corrected chi connectivity index (χ1v) is 10.4. The molecule has 0 amide bonds. The van der Waals surface area contributed by atoms with Crippen LogP contribution in [-0.4, -0.2) is 39.0 Å². The Balaban J connectivity index is 1.65. The number of carbonyl (C=O) groups is 1. The van der Waals surface area contributed by atoms with Crippen molar-refractivity contribution in [1.82, 2.24) is 9.97 Å². The van der Waals surface area contributed by atoms with Gasteiger partial charge in [0.2, 0.25) is 0 Å². The Morgan fingerprint density at radius 3 is 2.42 bits per heavy atom. The van der Waals surface area contributed by atoms with E-state index in [2.05, 4.69) is 9.97 Å². The third-order valence-corrected chi connectivity index (χ3v) is 6.58. The zero-order valence-corrected chi connectivity index (χ0v) is 17.3. The molecule has 164 valence electrons. The van der Waals surface area contributed by atoms with Gasteiger partial charge < -0.3 is 32.5 Å².